The predicted octanol–water partition coefficient (Wildman–Crippen LogP) is 4.52. The van der Waals surface area contributed by atoms with Gasteiger partial charge in [0.1, 0.15) is 0 Å². The van der Waals surface area contributed by atoms with Gasteiger partial charge in [0, 0.05) is 11.6 Å². The summed E-state index contributed by atoms with van der Waals surface area (Å²) in [5.41, 5.74) is 8.72. The van der Waals surface area contributed by atoms with Crippen LogP contribution in [0.4, 0.5) is 5.69 Å². The molecule has 2 atom stereocenters. The van der Waals surface area contributed by atoms with E-state index in [1.807, 2.05) is 55.5 Å². The summed E-state index contributed by atoms with van der Waals surface area (Å²) in [6, 6.07) is 25.2. The third-order valence-corrected chi connectivity index (χ3v) is 4.75. The molecule has 0 radical (unpaired) electrons. The van der Waals surface area contributed by atoms with Gasteiger partial charge in [0.2, 0.25) is 0 Å². The summed E-state index contributed by atoms with van der Waals surface area (Å²) in [6.45, 7) is 1.98. The summed E-state index contributed by atoms with van der Waals surface area (Å²) < 4.78 is 0. The first kappa shape index (κ1) is 21.0. The molecule has 1 amide bonds. The maximum atomic E-state index is 12.7. The lowest BCUT2D eigenvalue weighted by Crippen LogP contribution is -2.45. The molecule has 152 valence electrons. The Morgan fingerprint density at radius 2 is 1.47 bits per heavy atom. The second-order valence-electron chi connectivity index (χ2n) is 6.94. The van der Waals surface area contributed by atoms with Crippen molar-refractivity contribution in [2.75, 3.05) is 4.90 Å². The van der Waals surface area contributed by atoms with Gasteiger partial charge in [0.15, 0.2) is 6.04 Å². The van der Waals surface area contributed by atoms with Crippen molar-refractivity contribution in [2.24, 2.45) is 5.73 Å². The van der Waals surface area contributed by atoms with Crippen LogP contribution in [0.3, 0.4) is 0 Å². The lowest BCUT2D eigenvalue weighted by molar-refractivity contribution is -0.137. The lowest BCUT2D eigenvalue weighted by Gasteiger charge is -2.31. The smallest absolute Gasteiger partial charge is 0.330 e. The first-order valence-corrected chi connectivity index (χ1v) is 9.68. The molecule has 1 aliphatic rings. The number of anilines is 1. The number of hydrogen-bond acceptors (Lipinski definition) is 3. The molecule has 0 fully saturated rings. The van der Waals surface area contributed by atoms with E-state index in [9.17, 15) is 14.7 Å². The molecule has 0 aromatic heterocycles. The van der Waals surface area contributed by atoms with Crippen molar-refractivity contribution in [3.05, 3.63) is 108 Å². The van der Waals surface area contributed by atoms with Crippen LogP contribution in [0.15, 0.2) is 91.0 Å². The average Bonchev–Trinajstić information content (AvgIpc) is 2.79. The highest BCUT2D eigenvalue weighted by Crippen LogP contribution is 2.30. The van der Waals surface area contributed by atoms with Gasteiger partial charge in [-0.3, -0.25) is 9.69 Å². The number of benzene rings is 3. The van der Waals surface area contributed by atoms with E-state index in [4.69, 9.17) is 5.73 Å². The monoisotopic (exact) mass is 400 g/mol. The summed E-state index contributed by atoms with van der Waals surface area (Å²) in [7, 11) is 0. The van der Waals surface area contributed by atoms with Crippen LogP contribution < -0.4 is 10.6 Å². The van der Waals surface area contributed by atoms with Gasteiger partial charge < -0.3 is 10.8 Å². The zero-order valence-corrected chi connectivity index (χ0v) is 16.7. The number of nitrogens with zero attached hydrogens (tertiary/aromatic N) is 1. The number of amides is 1. The molecule has 5 heteroatoms. The van der Waals surface area contributed by atoms with Crippen LogP contribution in [0.1, 0.15) is 34.5 Å². The van der Waals surface area contributed by atoms with Crippen LogP contribution in [0.25, 0.3) is 6.08 Å². The molecule has 3 aromatic carbocycles. The van der Waals surface area contributed by atoms with E-state index in [1.165, 1.54) is 16.5 Å². The maximum absolute atomic E-state index is 12.7. The summed E-state index contributed by atoms with van der Waals surface area (Å²) in [4.78, 5) is 25.5. The fourth-order valence-electron chi connectivity index (χ4n) is 3.18. The van der Waals surface area contributed by atoms with Gasteiger partial charge in [-0.2, -0.15) is 0 Å². The molecule has 0 saturated carbocycles. The minimum absolute atomic E-state index is 0.159. The van der Waals surface area contributed by atoms with Crippen molar-refractivity contribution >= 4 is 23.6 Å². The highest BCUT2D eigenvalue weighted by Gasteiger charge is 2.33. The zero-order chi connectivity index (χ0) is 21.5. The third kappa shape index (κ3) is 4.82. The van der Waals surface area contributed by atoms with E-state index in [-0.39, 0.29) is 11.9 Å². The summed E-state index contributed by atoms with van der Waals surface area (Å²) in [5.74, 6) is -1.37. The van der Waals surface area contributed by atoms with Crippen molar-refractivity contribution in [1.29, 1.82) is 0 Å². The second kappa shape index (κ2) is 9.67. The first-order chi connectivity index (χ1) is 14.5. The van der Waals surface area contributed by atoms with Crippen LogP contribution in [0.2, 0.25) is 0 Å². The zero-order valence-electron chi connectivity index (χ0n) is 16.7. The van der Waals surface area contributed by atoms with Crippen LogP contribution in [-0.4, -0.2) is 23.0 Å². The molecule has 5 nitrogen and oxygen atoms in total. The van der Waals surface area contributed by atoms with Crippen LogP contribution in [0, 0.1) is 0 Å². The van der Waals surface area contributed by atoms with Crippen molar-refractivity contribution < 1.29 is 14.7 Å². The molecule has 3 N–H and O–H groups in total. The molecule has 0 bridgehead atoms. The highest BCUT2D eigenvalue weighted by atomic mass is 16.4. The van der Waals surface area contributed by atoms with E-state index in [0.29, 0.717) is 11.3 Å². The van der Waals surface area contributed by atoms with Gasteiger partial charge in [0.05, 0.1) is 5.69 Å². The van der Waals surface area contributed by atoms with Gasteiger partial charge in [-0.1, -0.05) is 72.8 Å². The molecule has 2 unspecified atom stereocenters. The quantitative estimate of drug-likeness (QED) is 0.677. The van der Waals surface area contributed by atoms with Gasteiger partial charge in [-0.05, 0) is 42.3 Å². The minimum Gasteiger partial charge on any atom is -0.479 e. The van der Waals surface area contributed by atoms with E-state index < -0.39 is 12.0 Å². The molecule has 30 heavy (non-hydrogen) atoms. The molecule has 1 heterocycles. The number of nitrogens with two attached hydrogens (primary N) is 1. The van der Waals surface area contributed by atoms with Crippen LogP contribution in [0.5, 0.6) is 0 Å². The number of carboxylic acids is 1. The van der Waals surface area contributed by atoms with Crippen LogP contribution >= 0.6 is 0 Å². The highest BCUT2D eigenvalue weighted by molar-refractivity contribution is 6.11. The van der Waals surface area contributed by atoms with Crippen molar-refractivity contribution in [3.63, 3.8) is 0 Å². The molecule has 3 aromatic rings. The SMILES string of the molecule is CC(N)c1ccccc1.O=C(O)C1C=Cc2ccccc2N1C(=O)c1ccccc1. The predicted molar refractivity (Wildman–Crippen MR) is 119 cm³/mol. The Balaban J connectivity index is 0.000000239. The molecule has 4 rings (SSSR count). The topological polar surface area (TPSA) is 83.6 Å². The van der Waals surface area contributed by atoms with Crippen molar-refractivity contribution in [3.8, 4) is 0 Å². The number of rotatable bonds is 3. The maximum Gasteiger partial charge on any atom is 0.330 e. The third-order valence-electron chi connectivity index (χ3n) is 4.75. The Morgan fingerprint density at radius 3 is 2.03 bits per heavy atom. The Bertz CT molecular complexity index is 1030. The van der Waals surface area contributed by atoms with Gasteiger partial charge in [-0.25, -0.2) is 4.79 Å². The summed E-state index contributed by atoms with van der Waals surface area (Å²) in [5, 5.41) is 9.38. The van der Waals surface area contributed by atoms with Crippen LogP contribution in [-0.2, 0) is 4.79 Å². The number of carbonyl (C=O) groups excluding carboxylic acids is 1. The number of fused-ring (bicyclic) bond motifs is 1. The standard InChI is InChI=1S/C17H13NO3.C8H11N/c19-16(13-7-2-1-3-8-13)18-14-9-5-4-6-12(14)10-11-15(18)17(20)21;1-7(9)8-5-3-2-4-6-8/h1-11,15H,(H,20,21);2-7H,9H2,1H3. The summed E-state index contributed by atoms with van der Waals surface area (Å²) >= 11 is 0. The molecular formula is C25H24N2O3. The van der Waals surface area contributed by atoms with E-state index in [1.54, 1.807) is 42.5 Å². The first-order valence-electron chi connectivity index (χ1n) is 9.68. The fourth-order valence-corrected chi connectivity index (χ4v) is 3.18. The average molecular weight is 400 g/mol. The van der Waals surface area contributed by atoms with Gasteiger partial charge in [0.25, 0.3) is 5.91 Å². The van der Waals surface area contributed by atoms with E-state index >= 15 is 0 Å². The molecule has 0 aliphatic carbocycles. The number of hydrogen-bond donors (Lipinski definition) is 2. The number of carbonyl (C=O) groups is 2. The van der Waals surface area contributed by atoms with Gasteiger partial charge >= 0.3 is 5.97 Å². The normalized spacial score (nSPS) is 15.4. The second-order valence-corrected chi connectivity index (χ2v) is 6.94. The summed E-state index contributed by atoms with van der Waals surface area (Å²) in [6.07, 6.45) is 3.27. The largest absolute Gasteiger partial charge is 0.479 e. The fraction of sp³-hybridized carbons (Fsp3) is 0.120. The van der Waals surface area contributed by atoms with Crippen molar-refractivity contribution in [2.45, 2.75) is 19.0 Å². The van der Waals surface area contributed by atoms with E-state index in [0.717, 1.165) is 5.56 Å². The Hall–Kier alpha value is -3.70. The molecule has 1 aliphatic heterocycles. The number of aliphatic carboxylic acids is 1. The minimum atomic E-state index is -1.05. The molecule has 0 saturated heterocycles. The Kier molecular flexibility index (Phi) is 6.78. The van der Waals surface area contributed by atoms with Gasteiger partial charge in [-0.15, -0.1) is 0 Å². The molecular weight excluding hydrogens is 376 g/mol. The number of para-hydroxylation sites is 1. The van der Waals surface area contributed by atoms with E-state index in [2.05, 4.69) is 0 Å². The Morgan fingerprint density at radius 1 is 0.900 bits per heavy atom. The number of carboxylic acid groups (broad SMARTS) is 1. The molecule has 0 spiro atoms. The van der Waals surface area contributed by atoms with Crippen molar-refractivity contribution in [1.82, 2.24) is 0 Å². The lowest BCUT2D eigenvalue weighted by atomic mass is 10.0. The Labute approximate surface area is 176 Å².